The normalized spacial score (nSPS) is 10.8. The molecule has 7 nitrogen and oxygen atoms in total. The first-order valence-corrected chi connectivity index (χ1v) is 6.37. The summed E-state index contributed by atoms with van der Waals surface area (Å²) in [6.45, 7) is 4.04. The summed E-state index contributed by atoms with van der Waals surface area (Å²) in [5.74, 6) is 6.02. The molecule has 0 aliphatic heterocycles. The lowest BCUT2D eigenvalue weighted by Gasteiger charge is -2.10. The van der Waals surface area contributed by atoms with E-state index in [1.807, 2.05) is 18.4 Å². The minimum Gasteiger partial charge on any atom is -0.368 e. The van der Waals surface area contributed by atoms with Crippen LogP contribution in [0, 0.1) is 0 Å². The second-order valence-corrected chi connectivity index (χ2v) is 4.89. The average molecular weight is 258 g/mol. The summed E-state index contributed by atoms with van der Waals surface area (Å²) < 4.78 is 1.87. The quantitative estimate of drug-likeness (QED) is 0.222. The maximum Gasteiger partial charge on any atom is 0.233 e. The molecule has 0 aromatic carbocycles. The SMILES string of the molecule is CC(C)n1c(N)nnc1SCCCC(=O)NN. The van der Waals surface area contributed by atoms with E-state index >= 15 is 0 Å². The predicted octanol–water partition coefficient (Wildman–Crippen LogP) is 0.303. The number of carbonyl (C=O) groups is 1. The molecule has 1 aromatic heterocycles. The number of amides is 1. The third-order valence-electron chi connectivity index (χ3n) is 2.15. The lowest BCUT2D eigenvalue weighted by atomic mass is 10.3. The largest absolute Gasteiger partial charge is 0.368 e. The summed E-state index contributed by atoms with van der Waals surface area (Å²) in [5.41, 5.74) is 7.81. The molecule has 1 rings (SSSR count). The van der Waals surface area contributed by atoms with Crippen LogP contribution in [0.1, 0.15) is 32.7 Å². The summed E-state index contributed by atoms with van der Waals surface area (Å²) in [4.78, 5) is 10.9. The molecule has 1 aromatic rings. The zero-order valence-corrected chi connectivity index (χ0v) is 10.8. The zero-order chi connectivity index (χ0) is 12.8. The minimum absolute atomic E-state index is 0.157. The number of nitrogens with zero attached hydrogens (tertiary/aromatic N) is 3. The molecule has 0 bridgehead atoms. The fourth-order valence-corrected chi connectivity index (χ4v) is 2.35. The molecular formula is C9H18N6OS. The molecule has 0 unspecified atom stereocenters. The number of hydrogen-bond donors (Lipinski definition) is 3. The Labute approximate surface area is 104 Å². The number of aromatic nitrogens is 3. The molecule has 0 aliphatic rings. The number of rotatable bonds is 6. The summed E-state index contributed by atoms with van der Waals surface area (Å²) in [6.07, 6.45) is 1.15. The van der Waals surface area contributed by atoms with Gasteiger partial charge in [-0.05, 0) is 20.3 Å². The van der Waals surface area contributed by atoms with Crippen LogP contribution >= 0.6 is 11.8 Å². The van der Waals surface area contributed by atoms with Crippen LogP contribution in [-0.4, -0.2) is 26.4 Å². The summed E-state index contributed by atoms with van der Waals surface area (Å²) in [6, 6.07) is 0.222. The Hall–Kier alpha value is -1.28. The Morgan fingerprint density at radius 3 is 2.82 bits per heavy atom. The number of hydrazine groups is 1. The van der Waals surface area contributed by atoms with E-state index in [4.69, 9.17) is 11.6 Å². The van der Waals surface area contributed by atoms with Crippen LogP contribution in [0.5, 0.6) is 0 Å². The number of hydrogen-bond acceptors (Lipinski definition) is 6. The summed E-state index contributed by atoms with van der Waals surface area (Å²) in [5, 5.41) is 8.62. The van der Waals surface area contributed by atoms with Gasteiger partial charge in [0, 0.05) is 18.2 Å². The molecule has 8 heteroatoms. The Balaban J connectivity index is 2.44. The van der Waals surface area contributed by atoms with Crippen LogP contribution in [0.3, 0.4) is 0 Å². The first kappa shape index (κ1) is 13.8. The van der Waals surface area contributed by atoms with Gasteiger partial charge in [-0.15, -0.1) is 10.2 Å². The van der Waals surface area contributed by atoms with Crippen molar-refractivity contribution in [3.8, 4) is 0 Å². The molecule has 0 saturated heterocycles. The van der Waals surface area contributed by atoms with E-state index in [1.54, 1.807) is 0 Å². The molecule has 0 radical (unpaired) electrons. The summed E-state index contributed by atoms with van der Waals surface area (Å²) >= 11 is 1.54. The van der Waals surface area contributed by atoms with E-state index in [-0.39, 0.29) is 11.9 Å². The number of anilines is 1. The van der Waals surface area contributed by atoms with Crippen molar-refractivity contribution in [2.45, 2.75) is 37.9 Å². The molecule has 0 saturated carbocycles. The van der Waals surface area contributed by atoms with Crippen molar-refractivity contribution in [2.75, 3.05) is 11.5 Å². The maximum absolute atomic E-state index is 10.9. The van der Waals surface area contributed by atoms with E-state index in [1.165, 1.54) is 11.8 Å². The van der Waals surface area contributed by atoms with Crippen molar-refractivity contribution in [2.24, 2.45) is 5.84 Å². The van der Waals surface area contributed by atoms with E-state index in [2.05, 4.69) is 15.6 Å². The third kappa shape index (κ3) is 3.90. The van der Waals surface area contributed by atoms with Gasteiger partial charge in [-0.25, -0.2) is 5.84 Å². The molecule has 5 N–H and O–H groups in total. The van der Waals surface area contributed by atoms with Crippen molar-refractivity contribution in [1.82, 2.24) is 20.2 Å². The van der Waals surface area contributed by atoms with Gasteiger partial charge in [-0.1, -0.05) is 11.8 Å². The first-order valence-electron chi connectivity index (χ1n) is 5.39. The Kier molecular flexibility index (Phi) is 5.23. The van der Waals surface area contributed by atoms with Crippen LogP contribution in [0.2, 0.25) is 0 Å². The Morgan fingerprint density at radius 1 is 1.53 bits per heavy atom. The fourth-order valence-electron chi connectivity index (χ4n) is 1.34. The average Bonchev–Trinajstić information content (AvgIpc) is 2.65. The monoisotopic (exact) mass is 258 g/mol. The van der Waals surface area contributed by atoms with E-state index in [0.29, 0.717) is 12.4 Å². The topological polar surface area (TPSA) is 112 Å². The van der Waals surface area contributed by atoms with E-state index < -0.39 is 0 Å². The molecule has 0 atom stereocenters. The van der Waals surface area contributed by atoms with Crippen LogP contribution in [0.25, 0.3) is 0 Å². The van der Waals surface area contributed by atoms with E-state index in [0.717, 1.165) is 17.3 Å². The highest BCUT2D eigenvalue weighted by molar-refractivity contribution is 7.99. The number of nitrogens with one attached hydrogen (secondary N) is 1. The molecule has 17 heavy (non-hydrogen) atoms. The second-order valence-electron chi connectivity index (χ2n) is 3.82. The van der Waals surface area contributed by atoms with Crippen molar-refractivity contribution < 1.29 is 4.79 Å². The van der Waals surface area contributed by atoms with E-state index in [9.17, 15) is 4.79 Å². The summed E-state index contributed by atoms with van der Waals surface area (Å²) in [7, 11) is 0. The van der Waals surface area contributed by atoms with Crippen LogP contribution in [-0.2, 0) is 4.79 Å². The minimum atomic E-state index is -0.157. The smallest absolute Gasteiger partial charge is 0.233 e. The number of thioether (sulfide) groups is 1. The standard InChI is InChI=1S/C9H18N6OS/c1-6(2)15-8(10)13-14-9(15)17-5-3-4-7(16)12-11/h6H,3-5,11H2,1-2H3,(H2,10,13)(H,12,16). The molecular weight excluding hydrogens is 240 g/mol. The molecule has 1 heterocycles. The van der Waals surface area contributed by atoms with Gasteiger partial charge < -0.3 is 5.73 Å². The van der Waals surface area contributed by atoms with Gasteiger partial charge in [-0.2, -0.15) is 0 Å². The number of nitrogens with two attached hydrogens (primary N) is 2. The van der Waals surface area contributed by atoms with Gasteiger partial charge in [0.05, 0.1) is 0 Å². The molecule has 1 amide bonds. The predicted molar refractivity (Wildman–Crippen MR) is 67.1 cm³/mol. The van der Waals surface area contributed by atoms with Gasteiger partial charge in [0.25, 0.3) is 0 Å². The third-order valence-corrected chi connectivity index (χ3v) is 3.18. The Bertz CT molecular complexity index is 378. The van der Waals surface area contributed by atoms with Gasteiger partial charge >= 0.3 is 0 Å². The second kappa shape index (κ2) is 6.45. The maximum atomic E-state index is 10.9. The highest BCUT2D eigenvalue weighted by Gasteiger charge is 2.12. The van der Waals surface area contributed by atoms with Crippen molar-refractivity contribution in [3.63, 3.8) is 0 Å². The molecule has 96 valence electrons. The Morgan fingerprint density at radius 2 is 2.24 bits per heavy atom. The first-order chi connectivity index (χ1) is 8.06. The van der Waals surface area contributed by atoms with Gasteiger partial charge in [0.1, 0.15) is 0 Å². The van der Waals surface area contributed by atoms with Crippen molar-refractivity contribution >= 4 is 23.6 Å². The molecule has 0 spiro atoms. The highest BCUT2D eigenvalue weighted by Crippen LogP contribution is 2.23. The zero-order valence-electron chi connectivity index (χ0n) is 10.0. The van der Waals surface area contributed by atoms with Crippen molar-refractivity contribution in [1.29, 1.82) is 0 Å². The van der Waals surface area contributed by atoms with Crippen molar-refractivity contribution in [3.05, 3.63) is 0 Å². The molecule has 0 fully saturated rings. The van der Waals surface area contributed by atoms with Gasteiger partial charge in [0.2, 0.25) is 11.9 Å². The van der Waals surface area contributed by atoms with Crippen LogP contribution < -0.4 is 17.0 Å². The van der Waals surface area contributed by atoms with Crippen LogP contribution in [0.15, 0.2) is 5.16 Å². The number of carbonyl (C=O) groups excluding carboxylic acids is 1. The lowest BCUT2D eigenvalue weighted by molar-refractivity contribution is -0.121. The highest BCUT2D eigenvalue weighted by atomic mass is 32.2. The van der Waals surface area contributed by atoms with Gasteiger partial charge in [-0.3, -0.25) is 14.8 Å². The van der Waals surface area contributed by atoms with Gasteiger partial charge in [0.15, 0.2) is 5.16 Å². The number of nitrogen functional groups attached to an aromatic ring is 1. The fraction of sp³-hybridized carbons (Fsp3) is 0.667. The lowest BCUT2D eigenvalue weighted by Crippen LogP contribution is -2.29. The molecule has 0 aliphatic carbocycles. The van der Waals surface area contributed by atoms with Crippen LogP contribution in [0.4, 0.5) is 5.95 Å².